The summed E-state index contributed by atoms with van der Waals surface area (Å²) >= 11 is 0. The van der Waals surface area contributed by atoms with Crippen molar-refractivity contribution in [2.24, 2.45) is 0 Å². The van der Waals surface area contributed by atoms with Crippen LogP contribution in [-0.2, 0) is 0 Å². The topological polar surface area (TPSA) is 23.8 Å². The third kappa shape index (κ3) is 2.88. The van der Waals surface area contributed by atoms with Crippen LogP contribution in [0.25, 0.3) is 0 Å². The van der Waals surface area contributed by atoms with E-state index in [0.29, 0.717) is 5.57 Å². The average Bonchev–Trinajstić information content (AvgIpc) is 1.89. The van der Waals surface area contributed by atoms with Crippen LogP contribution < -0.4 is 0 Å². The summed E-state index contributed by atoms with van der Waals surface area (Å²) in [6.45, 7) is 7.38. The van der Waals surface area contributed by atoms with Gasteiger partial charge in [0.25, 0.3) is 0 Å². The Morgan fingerprint density at radius 2 is 2.20 bits per heavy atom. The SMILES string of the molecule is C=C(C)C(C#N)=CC=CC. The molecule has 0 rings (SSSR count). The second-order valence-electron chi connectivity index (χ2n) is 2.00. The van der Waals surface area contributed by atoms with Crippen molar-refractivity contribution in [2.75, 3.05) is 0 Å². The molecule has 0 amide bonds. The Bertz CT molecular complexity index is 213. The standard InChI is InChI=1S/C9H11N/c1-4-5-6-9(7-10)8(2)3/h4-6H,2H2,1,3H3. The van der Waals surface area contributed by atoms with Gasteiger partial charge in [0.2, 0.25) is 0 Å². The number of allylic oxidation sites excluding steroid dienone is 5. The van der Waals surface area contributed by atoms with E-state index in [9.17, 15) is 0 Å². The van der Waals surface area contributed by atoms with Gasteiger partial charge >= 0.3 is 0 Å². The van der Waals surface area contributed by atoms with Crippen LogP contribution in [-0.4, -0.2) is 0 Å². The molecular weight excluding hydrogens is 122 g/mol. The van der Waals surface area contributed by atoms with E-state index in [4.69, 9.17) is 5.26 Å². The second-order valence-corrected chi connectivity index (χ2v) is 2.00. The fourth-order valence-electron chi connectivity index (χ4n) is 0.467. The minimum absolute atomic E-state index is 0.637. The third-order valence-corrected chi connectivity index (χ3v) is 1.04. The van der Waals surface area contributed by atoms with Crippen molar-refractivity contribution in [3.8, 4) is 6.07 Å². The summed E-state index contributed by atoms with van der Waals surface area (Å²) in [5, 5.41) is 8.51. The van der Waals surface area contributed by atoms with Gasteiger partial charge in [0.05, 0.1) is 11.6 Å². The van der Waals surface area contributed by atoms with Crippen molar-refractivity contribution < 1.29 is 0 Å². The first kappa shape index (κ1) is 8.71. The van der Waals surface area contributed by atoms with E-state index in [1.807, 2.05) is 32.1 Å². The fraction of sp³-hybridized carbons (Fsp3) is 0.222. The molecular formula is C9H11N. The molecule has 0 saturated heterocycles. The van der Waals surface area contributed by atoms with Gasteiger partial charge in [-0.2, -0.15) is 5.26 Å². The minimum atomic E-state index is 0.637. The Morgan fingerprint density at radius 1 is 1.60 bits per heavy atom. The van der Waals surface area contributed by atoms with Gasteiger partial charge in [-0.15, -0.1) is 0 Å². The lowest BCUT2D eigenvalue weighted by Crippen LogP contribution is -1.76. The van der Waals surface area contributed by atoms with Crippen molar-refractivity contribution in [3.05, 3.63) is 36.0 Å². The van der Waals surface area contributed by atoms with Crippen LogP contribution in [0, 0.1) is 11.3 Å². The first-order chi connectivity index (χ1) is 4.72. The van der Waals surface area contributed by atoms with Crippen LogP contribution in [0.4, 0.5) is 0 Å². The van der Waals surface area contributed by atoms with E-state index in [0.717, 1.165) is 5.57 Å². The van der Waals surface area contributed by atoms with Crippen molar-refractivity contribution >= 4 is 0 Å². The van der Waals surface area contributed by atoms with Gasteiger partial charge in [0.15, 0.2) is 0 Å². The Labute approximate surface area is 62.0 Å². The molecule has 0 radical (unpaired) electrons. The molecule has 52 valence electrons. The first-order valence-electron chi connectivity index (χ1n) is 3.11. The molecule has 0 aromatic rings. The first-order valence-corrected chi connectivity index (χ1v) is 3.11. The molecule has 0 aliphatic rings. The molecule has 0 fully saturated rings. The summed E-state index contributed by atoms with van der Waals surface area (Å²) in [6.07, 6.45) is 5.45. The Morgan fingerprint density at radius 3 is 2.50 bits per heavy atom. The maximum absolute atomic E-state index is 8.51. The largest absolute Gasteiger partial charge is 0.192 e. The number of nitrogens with zero attached hydrogens (tertiary/aromatic N) is 1. The predicted octanol–water partition coefficient (Wildman–Crippen LogP) is 2.59. The molecule has 0 aliphatic heterocycles. The summed E-state index contributed by atoms with van der Waals surface area (Å²) < 4.78 is 0. The van der Waals surface area contributed by atoms with Crippen molar-refractivity contribution in [2.45, 2.75) is 13.8 Å². The van der Waals surface area contributed by atoms with Gasteiger partial charge < -0.3 is 0 Å². The normalized spacial score (nSPS) is 11.5. The molecule has 1 heteroatoms. The zero-order valence-electron chi connectivity index (χ0n) is 6.39. The van der Waals surface area contributed by atoms with Crippen LogP contribution >= 0.6 is 0 Å². The molecule has 0 heterocycles. The Kier molecular flexibility index (Phi) is 3.99. The molecule has 0 aliphatic carbocycles. The molecule has 0 bridgehead atoms. The number of hydrogen-bond donors (Lipinski definition) is 0. The average molecular weight is 133 g/mol. The van der Waals surface area contributed by atoms with Crippen molar-refractivity contribution in [1.29, 1.82) is 5.26 Å². The molecule has 1 nitrogen and oxygen atoms in total. The van der Waals surface area contributed by atoms with Gasteiger partial charge in [-0.25, -0.2) is 0 Å². The zero-order chi connectivity index (χ0) is 7.98. The second kappa shape index (κ2) is 4.58. The number of nitriles is 1. The highest BCUT2D eigenvalue weighted by atomic mass is 14.2. The summed E-state index contributed by atoms with van der Waals surface area (Å²) in [6, 6.07) is 2.05. The molecule has 10 heavy (non-hydrogen) atoms. The Hall–Kier alpha value is -1.29. The zero-order valence-corrected chi connectivity index (χ0v) is 6.39. The van der Waals surface area contributed by atoms with E-state index in [-0.39, 0.29) is 0 Å². The van der Waals surface area contributed by atoms with Gasteiger partial charge in [-0.1, -0.05) is 18.7 Å². The monoisotopic (exact) mass is 133 g/mol. The number of rotatable bonds is 2. The van der Waals surface area contributed by atoms with E-state index in [2.05, 4.69) is 6.58 Å². The molecule has 0 spiro atoms. The lowest BCUT2D eigenvalue weighted by molar-refractivity contribution is 1.41. The lowest BCUT2D eigenvalue weighted by atomic mass is 10.1. The molecule has 0 atom stereocenters. The van der Waals surface area contributed by atoms with Gasteiger partial charge in [0.1, 0.15) is 0 Å². The highest BCUT2D eigenvalue weighted by Crippen LogP contribution is 2.04. The summed E-state index contributed by atoms with van der Waals surface area (Å²) in [5.41, 5.74) is 1.44. The van der Waals surface area contributed by atoms with E-state index in [1.54, 1.807) is 6.08 Å². The summed E-state index contributed by atoms with van der Waals surface area (Å²) in [4.78, 5) is 0. The predicted molar refractivity (Wildman–Crippen MR) is 43.3 cm³/mol. The van der Waals surface area contributed by atoms with E-state index in [1.165, 1.54) is 0 Å². The quantitative estimate of drug-likeness (QED) is 0.419. The third-order valence-electron chi connectivity index (χ3n) is 1.04. The van der Waals surface area contributed by atoms with Crippen LogP contribution in [0.3, 0.4) is 0 Å². The van der Waals surface area contributed by atoms with Crippen LogP contribution in [0.5, 0.6) is 0 Å². The Balaban J connectivity index is 4.38. The number of hydrogen-bond acceptors (Lipinski definition) is 1. The summed E-state index contributed by atoms with van der Waals surface area (Å²) in [7, 11) is 0. The van der Waals surface area contributed by atoms with Gasteiger partial charge in [0, 0.05) is 0 Å². The minimum Gasteiger partial charge on any atom is -0.192 e. The lowest BCUT2D eigenvalue weighted by Gasteiger charge is -1.89. The van der Waals surface area contributed by atoms with Crippen LogP contribution in [0.15, 0.2) is 36.0 Å². The molecule has 0 aromatic carbocycles. The van der Waals surface area contributed by atoms with Gasteiger partial charge in [-0.3, -0.25) is 0 Å². The molecule has 0 aromatic heterocycles. The fourth-order valence-corrected chi connectivity index (χ4v) is 0.467. The van der Waals surface area contributed by atoms with E-state index >= 15 is 0 Å². The maximum Gasteiger partial charge on any atom is 0.0994 e. The highest BCUT2D eigenvalue weighted by molar-refractivity contribution is 5.40. The maximum atomic E-state index is 8.51. The van der Waals surface area contributed by atoms with E-state index < -0.39 is 0 Å². The molecule has 0 saturated carbocycles. The summed E-state index contributed by atoms with van der Waals surface area (Å²) in [5.74, 6) is 0. The van der Waals surface area contributed by atoms with Crippen molar-refractivity contribution in [3.63, 3.8) is 0 Å². The van der Waals surface area contributed by atoms with Crippen molar-refractivity contribution in [1.82, 2.24) is 0 Å². The molecule has 0 N–H and O–H groups in total. The van der Waals surface area contributed by atoms with Gasteiger partial charge in [-0.05, 0) is 25.5 Å². The van der Waals surface area contributed by atoms with Crippen LogP contribution in [0.2, 0.25) is 0 Å². The van der Waals surface area contributed by atoms with Crippen LogP contribution in [0.1, 0.15) is 13.8 Å². The molecule has 0 unspecified atom stereocenters. The highest BCUT2D eigenvalue weighted by Gasteiger charge is 1.90. The smallest absolute Gasteiger partial charge is 0.0994 e.